The highest BCUT2D eigenvalue weighted by Crippen LogP contribution is 2.28. The average molecular weight is 262 g/mol. The molecule has 0 spiro atoms. The summed E-state index contributed by atoms with van der Waals surface area (Å²) in [5.41, 5.74) is 4.63. The van der Waals surface area contributed by atoms with Gasteiger partial charge in [-0.25, -0.2) is 14.5 Å². The van der Waals surface area contributed by atoms with Crippen LogP contribution in [0.2, 0.25) is 0 Å². The number of hydrogen-bond donors (Lipinski definition) is 0. The van der Waals surface area contributed by atoms with Crippen LogP contribution >= 0.6 is 0 Å². The smallest absolute Gasteiger partial charge is 0.223 e. The van der Waals surface area contributed by atoms with Crippen molar-refractivity contribution in [2.24, 2.45) is 7.05 Å². The predicted octanol–water partition coefficient (Wildman–Crippen LogP) is 2.94. The molecule has 3 nitrogen and oxygen atoms in total. The second kappa shape index (κ2) is 5.21. The van der Waals surface area contributed by atoms with Gasteiger partial charge in [-0.3, -0.25) is 0 Å². The first-order chi connectivity index (χ1) is 9.77. The summed E-state index contributed by atoms with van der Waals surface area (Å²) >= 11 is 0. The van der Waals surface area contributed by atoms with Crippen LogP contribution in [0.15, 0.2) is 61.1 Å². The Morgan fingerprint density at radius 3 is 2.30 bits per heavy atom. The van der Waals surface area contributed by atoms with E-state index in [1.807, 2.05) is 25.4 Å². The van der Waals surface area contributed by atoms with Gasteiger partial charge in [0.15, 0.2) is 12.0 Å². The molecule has 0 atom stereocenters. The van der Waals surface area contributed by atoms with Crippen molar-refractivity contribution in [2.45, 2.75) is 6.92 Å². The third kappa shape index (κ3) is 2.18. The lowest BCUT2D eigenvalue weighted by Crippen LogP contribution is -2.31. The Bertz CT molecular complexity index is 736. The molecule has 0 bridgehead atoms. The summed E-state index contributed by atoms with van der Waals surface area (Å²) in [4.78, 5) is 8.76. The number of aryl methyl sites for hydroxylation is 2. The molecule has 0 amide bonds. The SMILES string of the molecule is Cc1ccccc1-c1c(-c2ncccn2)ccc[n+]1C. The molecule has 0 aliphatic rings. The molecule has 1 aromatic carbocycles. The van der Waals surface area contributed by atoms with Crippen LogP contribution in [0.25, 0.3) is 22.6 Å². The van der Waals surface area contributed by atoms with E-state index in [2.05, 4.69) is 51.8 Å². The fraction of sp³-hybridized carbons (Fsp3) is 0.118. The van der Waals surface area contributed by atoms with Gasteiger partial charge in [-0.2, -0.15) is 0 Å². The van der Waals surface area contributed by atoms with Crippen LogP contribution in [-0.2, 0) is 7.05 Å². The topological polar surface area (TPSA) is 29.7 Å². The van der Waals surface area contributed by atoms with Crippen LogP contribution in [0, 0.1) is 6.92 Å². The minimum absolute atomic E-state index is 0.752. The minimum Gasteiger partial charge on any atom is -0.236 e. The molecule has 98 valence electrons. The normalized spacial score (nSPS) is 10.5. The van der Waals surface area contributed by atoms with Crippen molar-refractivity contribution in [3.63, 3.8) is 0 Å². The van der Waals surface area contributed by atoms with Gasteiger partial charge in [-0.05, 0) is 30.7 Å². The zero-order chi connectivity index (χ0) is 13.9. The van der Waals surface area contributed by atoms with Gasteiger partial charge in [-0.1, -0.05) is 18.2 Å². The summed E-state index contributed by atoms with van der Waals surface area (Å²) in [6.07, 6.45) is 5.60. The van der Waals surface area contributed by atoms with Gasteiger partial charge in [0.05, 0.1) is 5.56 Å². The molecule has 2 aromatic heterocycles. The average Bonchev–Trinajstić information content (AvgIpc) is 2.49. The molecule has 0 aliphatic heterocycles. The highest BCUT2D eigenvalue weighted by molar-refractivity contribution is 5.76. The number of hydrogen-bond acceptors (Lipinski definition) is 2. The Kier molecular flexibility index (Phi) is 3.25. The van der Waals surface area contributed by atoms with Gasteiger partial charge in [-0.15, -0.1) is 0 Å². The Balaban J connectivity index is 2.29. The van der Waals surface area contributed by atoms with Crippen molar-refractivity contribution < 1.29 is 4.57 Å². The maximum Gasteiger partial charge on any atom is 0.223 e. The van der Waals surface area contributed by atoms with Gasteiger partial charge in [0.1, 0.15) is 7.05 Å². The zero-order valence-electron chi connectivity index (χ0n) is 11.6. The van der Waals surface area contributed by atoms with Crippen molar-refractivity contribution in [3.05, 3.63) is 66.6 Å². The third-order valence-electron chi connectivity index (χ3n) is 3.39. The highest BCUT2D eigenvalue weighted by Gasteiger charge is 2.19. The molecule has 0 saturated carbocycles. The first-order valence-corrected chi connectivity index (χ1v) is 6.59. The maximum atomic E-state index is 4.38. The molecular weight excluding hydrogens is 246 g/mol. The molecule has 3 rings (SSSR count). The molecular formula is C17H16N3+. The van der Waals surface area contributed by atoms with Gasteiger partial charge in [0, 0.05) is 24.0 Å². The van der Waals surface area contributed by atoms with Gasteiger partial charge in [0.25, 0.3) is 0 Å². The molecule has 2 heterocycles. The van der Waals surface area contributed by atoms with Crippen LogP contribution in [0.3, 0.4) is 0 Å². The maximum absolute atomic E-state index is 4.38. The van der Waals surface area contributed by atoms with E-state index < -0.39 is 0 Å². The van der Waals surface area contributed by atoms with E-state index in [-0.39, 0.29) is 0 Å². The van der Waals surface area contributed by atoms with Gasteiger partial charge < -0.3 is 0 Å². The number of benzene rings is 1. The first-order valence-electron chi connectivity index (χ1n) is 6.59. The van der Waals surface area contributed by atoms with E-state index in [1.54, 1.807) is 12.4 Å². The Morgan fingerprint density at radius 2 is 1.55 bits per heavy atom. The second-order valence-electron chi connectivity index (χ2n) is 4.77. The zero-order valence-corrected chi connectivity index (χ0v) is 11.6. The largest absolute Gasteiger partial charge is 0.236 e. The van der Waals surface area contributed by atoms with E-state index >= 15 is 0 Å². The van der Waals surface area contributed by atoms with Crippen molar-refractivity contribution >= 4 is 0 Å². The van der Waals surface area contributed by atoms with E-state index in [0.717, 1.165) is 17.1 Å². The van der Waals surface area contributed by atoms with Crippen molar-refractivity contribution in [1.82, 2.24) is 9.97 Å². The molecule has 0 unspecified atom stereocenters. The number of aromatic nitrogens is 3. The molecule has 0 fully saturated rings. The van der Waals surface area contributed by atoms with E-state index in [4.69, 9.17) is 0 Å². The molecule has 0 saturated heterocycles. The minimum atomic E-state index is 0.752. The van der Waals surface area contributed by atoms with Crippen LogP contribution < -0.4 is 4.57 Å². The highest BCUT2D eigenvalue weighted by atomic mass is 14.9. The van der Waals surface area contributed by atoms with Crippen LogP contribution in [-0.4, -0.2) is 9.97 Å². The Morgan fingerprint density at radius 1 is 0.850 bits per heavy atom. The lowest BCUT2D eigenvalue weighted by atomic mass is 10.0. The summed E-state index contributed by atoms with van der Waals surface area (Å²) in [6.45, 7) is 2.12. The van der Waals surface area contributed by atoms with Crippen molar-refractivity contribution in [3.8, 4) is 22.6 Å². The Hall–Kier alpha value is -2.55. The summed E-state index contributed by atoms with van der Waals surface area (Å²) in [7, 11) is 2.05. The fourth-order valence-electron chi connectivity index (χ4n) is 2.40. The molecule has 0 aliphatic carbocycles. The summed E-state index contributed by atoms with van der Waals surface area (Å²) in [6, 6.07) is 14.3. The van der Waals surface area contributed by atoms with E-state index in [9.17, 15) is 0 Å². The summed E-state index contributed by atoms with van der Waals surface area (Å²) < 4.78 is 2.12. The number of nitrogens with zero attached hydrogens (tertiary/aromatic N) is 3. The lowest BCUT2D eigenvalue weighted by molar-refractivity contribution is -0.660. The van der Waals surface area contributed by atoms with E-state index in [1.165, 1.54) is 11.1 Å². The molecule has 20 heavy (non-hydrogen) atoms. The predicted molar refractivity (Wildman–Crippen MR) is 78.8 cm³/mol. The van der Waals surface area contributed by atoms with Crippen LogP contribution in [0.1, 0.15) is 5.56 Å². The first kappa shape index (κ1) is 12.5. The summed E-state index contributed by atoms with van der Waals surface area (Å²) in [5, 5.41) is 0. The molecule has 0 radical (unpaired) electrons. The van der Waals surface area contributed by atoms with Gasteiger partial charge >= 0.3 is 0 Å². The second-order valence-corrected chi connectivity index (χ2v) is 4.77. The lowest BCUT2D eigenvalue weighted by Gasteiger charge is -2.08. The monoisotopic (exact) mass is 262 g/mol. The molecule has 3 heteroatoms. The summed E-state index contributed by atoms with van der Waals surface area (Å²) in [5.74, 6) is 0.752. The van der Waals surface area contributed by atoms with Crippen LogP contribution in [0.5, 0.6) is 0 Å². The van der Waals surface area contributed by atoms with Crippen molar-refractivity contribution in [1.29, 1.82) is 0 Å². The van der Waals surface area contributed by atoms with Crippen molar-refractivity contribution in [2.75, 3.05) is 0 Å². The van der Waals surface area contributed by atoms with Crippen LogP contribution in [0.4, 0.5) is 0 Å². The van der Waals surface area contributed by atoms with Gasteiger partial charge in [0.2, 0.25) is 5.69 Å². The Labute approximate surface area is 118 Å². The van der Waals surface area contributed by atoms with E-state index in [0.29, 0.717) is 0 Å². The molecule has 3 aromatic rings. The number of pyridine rings is 1. The molecule has 0 N–H and O–H groups in total. The third-order valence-corrected chi connectivity index (χ3v) is 3.39. The fourth-order valence-corrected chi connectivity index (χ4v) is 2.40. The number of rotatable bonds is 2. The standard InChI is InChI=1S/C17H16N3/c1-13-7-3-4-8-14(13)16-15(9-5-12-20(16)2)17-18-10-6-11-19-17/h3-12H,1-2H3/q+1. The quantitative estimate of drug-likeness (QED) is 0.665.